The van der Waals surface area contributed by atoms with Crippen LogP contribution in [-0.2, 0) is 24.1 Å². The summed E-state index contributed by atoms with van der Waals surface area (Å²) in [5.74, 6) is 1.97. The maximum atomic E-state index is 13.7. The summed E-state index contributed by atoms with van der Waals surface area (Å²) in [5.41, 5.74) is 0.730. The molecule has 0 bridgehead atoms. The SMILES string of the molecule is CCn1nc([C@@H]2CCOC2)nc1CCc1ccccc1F. The van der Waals surface area contributed by atoms with Gasteiger partial charge in [0.25, 0.3) is 0 Å². The van der Waals surface area contributed by atoms with E-state index in [1.807, 2.05) is 16.8 Å². The van der Waals surface area contributed by atoms with Crippen LogP contribution in [0.1, 0.15) is 36.5 Å². The summed E-state index contributed by atoms with van der Waals surface area (Å²) in [6.45, 7) is 4.33. The van der Waals surface area contributed by atoms with E-state index in [0.717, 1.165) is 36.8 Å². The third-order valence-electron chi connectivity index (χ3n) is 3.93. The lowest BCUT2D eigenvalue weighted by atomic mass is 10.1. The Morgan fingerprint density at radius 2 is 2.19 bits per heavy atom. The molecule has 0 saturated carbocycles. The Morgan fingerprint density at radius 1 is 1.33 bits per heavy atom. The molecule has 112 valence electrons. The second kappa shape index (κ2) is 6.35. The van der Waals surface area contributed by atoms with E-state index >= 15 is 0 Å². The van der Waals surface area contributed by atoms with E-state index in [1.54, 1.807) is 6.07 Å². The molecule has 0 amide bonds. The van der Waals surface area contributed by atoms with Crippen LogP contribution in [-0.4, -0.2) is 28.0 Å². The molecule has 21 heavy (non-hydrogen) atoms. The van der Waals surface area contributed by atoms with Crippen molar-refractivity contribution in [2.45, 2.75) is 38.6 Å². The van der Waals surface area contributed by atoms with Gasteiger partial charge in [0.2, 0.25) is 0 Å². The molecule has 1 aromatic heterocycles. The van der Waals surface area contributed by atoms with Gasteiger partial charge in [0.15, 0.2) is 5.82 Å². The van der Waals surface area contributed by atoms with Gasteiger partial charge < -0.3 is 4.74 Å². The standard InChI is InChI=1S/C16H20FN3O/c1-2-20-15(8-7-12-5-3-4-6-14(12)17)18-16(19-20)13-9-10-21-11-13/h3-6,13H,2,7-11H2,1H3/t13-/m1/s1. The number of aryl methyl sites for hydroxylation is 3. The number of hydrogen-bond acceptors (Lipinski definition) is 3. The summed E-state index contributed by atoms with van der Waals surface area (Å²) < 4.78 is 21.0. The van der Waals surface area contributed by atoms with Gasteiger partial charge in [-0.05, 0) is 31.4 Å². The van der Waals surface area contributed by atoms with Crippen molar-refractivity contribution in [3.63, 3.8) is 0 Å². The van der Waals surface area contributed by atoms with E-state index in [0.29, 0.717) is 25.4 Å². The van der Waals surface area contributed by atoms with E-state index in [9.17, 15) is 4.39 Å². The van der Waals surface area contributed by atoms with E-state index in [2.05, 4.69) is 17.0 Å². The molecule has 1 aliphatic heterocycles. The van der Waals surface area contributed by atoms with Crippen molar-refractivity contribution in [3.8, 4) is 0 Å². The molecule has 1 aliphatic rings. The average molecular weight is 289 g/mol. The molecular weight excluding hydrogens is 269 g/mol. The fraction of sp³-hybridized carbons (Fsp3) is 0.500. The molecule has 1 fully saturated rings. The highest BCUT2D eigenvalue weighted by atomic mass is 19.1. The average Bonchev–Trinajstić information content (AvgIpc) is 3.15. The smallest absolute Gasteiger partial charge is 0.156 e. The van der Waals surface area contributed by atoms with Gasteiger partial charge in [0.05, 0.1) is 6.61 Å². The van der Waals surface area contributed by atoms with Crippen molar-refractivity contribution >= 4 is 0 Å². The molecule has 2 aromatic rings. The molecule has 3 rings (SSSR count). The zero-order valence-electron chi connectivity index (χ0n) is 12.3. The zero-order chi connectivity index (χ0) is 14.7. The normalized spacial score (nSPS) is 18.3. The molecule has 0 N–H and O–H groups in total. The molecule has 1 saturated heterocycles. The van der Waals surface area contributed by atoms with E-state index < -0.39 is 0 Å². The lowest BCUT2D eigenvalue weighted by molar-refractivity contribution is 0.193. The molecule has 4 nitrogen and oxygen atoms in total. The van der Waals surface area contributed by atoms with Crippen molar-refractivity contribution in [2.24, 2.45) is 0 Å². The van der Waals surface area contributed by atoms with E-state index in [4.69, 9.17) is 4.74 Å². The summed E-state index contributed by atoms with van der Waals surface area (Å²) in [5, 5.41) is 4.58. The highest BCUT2D eigenvalue weighted by molar-refractivity contribution is 5.18. The second-order valence-electron chi connectivity index (χ2n) is 5.35. The van der Waals surface area contributed by atoms with Crippen molar-refractivity contribution in [1.29, 1.82) is 0 Å². The molecular formula is C16H20FN3O. The number of nitrogens with zero attached hydrogens (tertiary/aromatic N) is 3. The molecule has 1 atom stereocenters. The largest absolute Gasteiger partial charge is 0.381 e. The van der Waals surface area contributed by atoms with Crippen LogP contribution < -0.4 is 0 Å². The minimum atomic E-state index is -0.149. The van der Waals surface area contributed by atoms with Crippen molar-refractivity contribution in [1.82, 2.24) is 14.8 Å². The second-order valence-corrected chi connectivity index (χ2v) is 5.35. The molecule has 5 heteroatoms. The Balaban J connectivity index is 1.73. The van der Waals surface area contributed by atoms with Crippen LogP contribution in [0.5, 0.6) is 0 Å². The Morgan fingerprint density at radius 3 is 2.90 bits per heavy atom. The molecule has 0 spiro atoms. The third kappa shape index (κ3) is 3.13. The highest BCUT2D eigenvalue weighted by Gasteiger charge is 2.23. The van der Waals surface area contributed by atoms with Gasteiger partial charge in [-0.2, -0.15) is 5.10 Å². The van der Waals surface area contributed by atoms with Crippen LogP contribution in [0.2, 0.25) is 0 Å². The van der Waals surface area contributed by atoms with Gasteiger partial charge in [-0.1, -0.05) is 18.2 Å². The quantitative estimate of drug-likeness (QED) is 0.849. The number of aromatic nitrogens is 3. The predicted molar refractivity (Wildman–Crippen MR) is 77.7 cm³/mol. The van der Waals surface area contributed by atoms with Crippen LogP contribution >= 0.6 is 0 Å². The van der Waals surface area contributed by atoms with E-state index in [-0.39, 0.29) is 5.82 Å². The fourth-order valence-corrected chi connectivity index (χ4v) is 2.69. The topological polar surface area (TPSA) is 39.9 Å². The van der Waals surface area contributed by atoms with Gasteiger partial charge in [-0.3, -0.25) is 4.68 Å². The lowest BCUT2D eigenvalue weighted by Gasteiger charge is -2.04. The number of halogens is 1. The van der Waals surface area contributed by atoms with Gasteiger partial charge >= 0.3 is 0 Å². The first-order chi connectivity index (χ1) is 10.3. The van der Waals surface area contributed by atoms with Crippen LogP contribution in [0, 0.1) is 5.82 Å². The van der Waals surface area contributed by atoms with Crippen molar-refractivity contribution < 1.29 is 9.13 Å². The minimum Gasteiger partial charge on any atom is -0.381 e. The molecule has 0 radical (unpaired) electrons. The summed E-state index contributed by atoms with van der Waals surface area (Å²) in [6.07, 6.45) is 2.34. The zero-order valence-corrected chi connectivity index (χ0v) is 12.3. The fourth-order valence-electron chi connectivity index (χ4n) is 2.69. The third-order valence-corrected chi connectivity index (χ3v) is 3.93. The maximum Gasteiger partial charge on any atom is 0.156 e. The maximum absolute atomic E-state index is 13.7. The Hall–Kier alpha value is -1.75. The van der Waals surface area contributed by atoms with E-state index in [1.165, 1.54) is 6.07 Å². The van der Waals surface area contributed by atoms with Gasteiger partial charge in [-0.25, -0.2) is 9.37 Å². The molecule has 0 aliphatic carbocycles. The van der Waals surface area contributed by atoms with Crippen LogP contribution in [0.3, 0.4) is 0 Å². The summed E-state index contributed by atoms with van der Waals surface area (Å²) >= 11 is 0. The lowest BCUT2D eigenvalue weighted by Crippen LogP contribution is -2.06. The van der Waals surface area contributed by atoms with Gasteiger partial charge in [0.1, 0.15) is 11.6 Å². The first-order valence-corrected chi connectivity index (χ1v) is 7.52. The summed E-state index contributed by atoms with van der Waals surface area (Å²) in [4.78, 5) is 4.66. The molecule has 2 heterocycles. The Labute approximate surface area is 124 Å². The number of benzene rings is 1. The first-order valence-electron chi connectivity index (χ1n) is 7.52. The Bertz CT molecular complexity index is 605. The predicted octanol–water partition coefficient (Wildman–Crippen LogP) is 2.73. The van der Waals surface area contributed by atoms with Crippen molar-refractivity contribution in [2.75, 3.05) is 13.2 Å². The number of ether oxygens (including phenoxy) is 1. The number of rotatable bonds is 5. The van der Waals surface area contributed by atoms with Crippen LogP contribution in [0.15, 0.2) is 24.3 Å². The molecule has 0 unspecified atom stereocenters. The Kier molecular flexibility index (Phi) is 4.29. The first kappa shape index (κ1) is 14.2. The summed E-state index contributed by atoms with van der Waals surface area (Å²) in [6, 6.07) is 6.91. The minimum absolute atomic E-state index is 0.149. The van der Waals surface area contributed by atoms with Gasteiger partial charge in [0, 0.05) is 25.5 Å². The highest BCUT2D eigenvalue weighted by Crippen LogP contribution is 2.23. The van der Waals surface area contributed by atoms with Crippen LogP contribution in [0.4, 0.5) is 4.39 Å². The van der Waals surface area contributed by atoms with Gasteiger partial charge in [-0.15, -0.1) is 0 Å². The monoisotopic (exact) mass is 289 g/mol. The van der Waals surface area contributed by atoms with Crippen LogP contribution in [0.25, 0.3) is 0 Å². The molecule has 1 aromatic carbocycles. The summed E-state index contributed by atoms with van der Waals surface area (Å²) in [7, 11) is 0. The van der Waals surface area contributed by atoms with Crippen molar-refractivity contribution in [3.05, 3.63) is 47.3 Å². The number of hydrogen-bond donors (Lipinski definition) is 0.